The molecule has 2 heterocycles. The van der Waals surface area contributed by atoms with E-state index in [0.29, 0.717) is 91.1 Å². The van der Waals surface area contributed by atoms with E-state index >= 15 is 0 Å². The average molecular weight is 1160 g/mol. The molecule has 2 aliphatic rings. The molecule has 6 aromatic carbocycles. The number of methoxy groups -OCH3 is 4. The Morgan fingerprint density at radius 1 is 0.393 bits per heavy atom. The molecule has 14 heteroatoms. The van der Waals surface area contributed by atoms with E-state index in [-0.39, 0.29) is 12.2 Å². The van der Waals surface area contributed by atoms with Crippen molar-refractivity contribution in [1.29, 1.82) is 0 Å². The fourth-order valence-electron chi connectivity index (χ4n) is 10.5. The van der Waals surface area contributed by atoms with Gasteiger partial charge in [-0.1, -0.05) is 98.8 Å². The Morgan fingerprint density at radius 2 is 0.798 bits per heavy atom. The standard InChI is InChI=1S/2C35H47NO6/c2*1-4-28-12-11-27(23-34(28)41-22-7-19-37-2)25-42-35-24-36-18-17-32(35)29-13-15-31(16-14-29)40-21-8-20-39-26-30-9-5-6-10-33(30)38-3/h2*5-6,9-16,23,32,35-36H,4,7-8,17-22,24-26H2,1-3H3/t2*32-,35+/m11/s1. The summed E-state index contributed by atoms with van der Waals surface area (Å²) in [5, 5.41) is 7.02. The van der Waals surface area contributed by atoms with Gasteiger partial charge in [0.2, 0.25) is 0 Å². The van der Waals surface area contributed by atoms with Crippen molar-refractivity contribution < 1.29 is 56.8 Å². The number of nitrogens with one attached hydrogen (secondary N) is 2. The quantitative estimate of drug-likeness (QED) is 0.0361. The molecule has 2 N–H and O–H groups in total. The smallest absolute Gasteiger partial charge is 0.124 e. The van der Waals surface area contributed by atoms with Crippen molar-refractivity contribution in [1.82, 2.24) is 10.6 Å². The number of ether oxygens (including phenoxy) is 12. The maximum Gasteiger partial charge on any atom is 0.124 e. The summed E-state index contributed by atoms with van der Waals surface area (Å²) in [5.41, 5.74) is 9.39. The van der Waals surface area contributed by atoms with E-state index in [9.17, 15) is 0 Å². The molecule has 0 amide bonds. The van der Waals surface area contributed by atoms with Crippen molar-refractivity contribution in [2.24, 2.45) is 0 Å². The van der Waals surface area contributed by atoms with Gasteiger partial charge in [0.25, 0.3) is 0 Å². The number of rotatable bonds is 36. The van der Waals surface area contributed by atoms with Crippen molar-refractivity contribution in [3.8, 4) is 34.5 Å². The van der Waals surface area contributed by atoms with Gasteiger partial charge in [-0.2, -0.15) is 0 Å². The van der Waals surface area contributed by atoms with Crippen molar-refractivity contribution in [3.05, 3.63) is 178 Å². The fraction of sp³-hybridized carbons (Fsp3) is 0.486. The number of hydrogen-bond acceptors (Lipinski definition) is 14. The Kier molecular flexibility index (Phi) is 29.5. The van der Waals surface area contributed by atoms with Gasteiger partial charge in [-0.25, -0.2) is 0 Å². The first kappa shape index (κ1) is 65.3. The first-order valence-electron chi connectivity index (χ1n) is 30.4. The molecule has 84 heavy (non-hydrogen) atoms. The lowest BCUT2D eigenvalue weighted by Gasteiger charge is -2.32. The molecule has 2 aliphatic heterocycles. The highest BCUT2D eigenvalue weighted by atomic mass is 16.5. The van der Waals surface area contributed by atoms with Gasteiger partial charge in [-0.05, 0) is 121 Å². The van der Waals surface area contributed by atoms with Crippen LogP contribution in [-0.2, 0) is 67.7 Å². The molecule has 6 aromatic rings. The van der Waals surface area contributed by atoms with Gasteiger partial charge in [-0.3, -0.25) is 0 Å². The van der Waals surface area contributed by atoms with Gasteiger partial charge in [0.1, 0.15) is 34.5 Å². The summed E-state index contributed by atoms with van der Waals surface area (Å²) < 4.78 is 69.8. The summed E-state index contributed by atoms with van der Waals surface area (Å²) in [6.45, 7) is 15.3. The highest BCUT2D eigenvalue weighted by Gasteiger charge is 2.29. The summed E-state index contributed by atoms with van der Waals surface area (Å²) in [6, 6.07) is 45.8. The van der Waals surface area contributed by atoms with Crippen molar-refractivity contribution in [2.75, 3.05) is 107 Å². The predicted molar refractivity (Wildman–Crippen MR) is 332 cm³/mol. The van der Waals surface area contributed by atoms with E-state index in [1.54, 1.807) is 28.4 Å². The molecule has 456 valence electrons. The summed E-state index contributed by atoms with van der Waals surface area (Å²) in [4.78, 5) is 0. The Balaban J connectivity index is 0.000000241. The summed E-state index contributed by atoms with van der Waals surface area (Å²) in [5.74, 6) is 6.04. The van der Waals surface area contributed by atoms with Crippen LogP contribution in [0.1, 0.15) is 109 Å². The van der Waals surface area contributed by atoms with Crippen molar-refractivity contribution >= 4 is 0 Å². The van der Waals surface area contributed by atoms with Gasteiger partial charge < -0.3 is 67.5 Å². The Morgan fingerprint density at radius 3 is 1.20 bits per heavy atom. The van der Waals surface area contributed by atoms with Gasteiger partial charge in [0, 0.05) is 89.2 Å². The molecule has 8 rings (SSSR count). The second-order valence-corrected chi connectivity index (χ2v) is 21.1. The molecule has 0 spiro atoms. The number of hydrogen-bond donors (Lipinski definition) is 2. The zero-order valence-corrected chi connectivity index (χ0v) is 50.9. The first-order chi connectivity index (χ1) is 41.4. The molecule has 14 nitrogen and oxygen atoms in total. The molecule has 0 bridgehead atoms. The molecule has 0 aromatic heterocycles. The zero-order valence-electron chi connectivity index (χ0n) is 50.9. The molecule has 2 saturated heterocycles. The number of para-hydroxylation sites is 2. The molecule has 0 saturated carbocycles. The molecule has 2 fully saturated rings. The molecule has 0 unspecified atom stereocenters. The van der Waals surface area contributed by atoms with Crippen LogP contribution in [-0.4, -0.2) is 120 Å². The Hall–Kier alpha value is -6.20. The van der Waals surface area contributed by atoms with Gasteiger partial charge in [0.05, 0.1) is 92.5 Å². The highest BCUT2D eigenvalue weighted by Crippen LogP contribution is 2.33. The minimum Gasteiger partial charge on any atom is -0.496 e. The largest absolute Gasteiger partial charge is 0.496 e. The monoisotopic (exact) mass is 1150 g/mol. The van der Waals surface area contributed by atoms with Crippen LogP contribution in [0, 0.1) is 0 Å². The van der Waals surface area contributed by atoms with Gasteiger partial charge in [-0.15, -0.1) is 0 Å². The molecule has 4 atom stereocenters. The third-order valence-corrected chi connectivity index (χ3v) is 15.2. The van der Waals surface area contributed by atoms with E-state index in [4.69, 9.17) is 56.8 Å². The maximum atomic E-state index is 6.50. The third-order valence-electron chi connectivity index (χ3n) is 15.2. The van der Waals surface area contributed by atoms with Crippen molar-refractivity contribution in [2.45, 2.75) is 116 Å². The fourth-order valence-corrected chi connectivity index (χ4v) is 10.5. The third kappa shape index (κ3) is 21.7. The Labute approximate surface area is 501 Å². The lowest BCUT2D eigenvalue weighted by atomic mass is 9.87. The molecule has 0 aliphatic carbocycles. The molecular weight excluding hydrogens is 1060 g/mol. The second kappa shape index (κ2) is 38.0. The van der Waals surface area contributed by atoms with E-state index in [0.717, 1.165) is 134 Å². The summed E-state index contributed by atoms with van der Waals surface area (Å²) in [6.07, 6.45) is 7.54. The summed E-state index contributed by atoms with van der Waals surface area (Å²) >= 11 is 0. The lowest BCUT2D eigenvalue weighted by molar-refractivity contribution is 0.0104. The van der Waals surface area contributed by atoms with E-state index in [2.05, 4.69) is 109 Å². The van der Waals surface area contributed by atoms with Crippen LogP contribution < -0.4 is 39.1 Å². The topological polar surface area (TPSA) is 135 Å². The van der Waals surface area contributed by atoms with Crippen LogP contribution in [0.3, 0.4) is 0 Å². The van der Waals surface area contributed by atoms with Crippen molar-refractivity contribution in [3.63, 3.8) is 0 Å². The van der Waals surface area contributed by atoms with Crippen LogP contribution in [0.25, 0.3) is 0 Å². The minimum absolute atomic E-state index is 0.0998. The molecule has 0 radical (unpaired) electrons. The lowest BCUT2D eigenvalue weighted by Crippen LogP contribution is -2.40. The zero-order chi connectivity index (χ0) is 58.8. The van der Waals surface area contributed by atoms with Crippen LogP contribution >= 0.6 is 0 Å². The van der Waals surface area contributed by atoms with E-state index in [1.807, 2.05) is 48.5 Å². The normalized spacial score (nSPS) is 16.7. The number of piperidine rings is 2. The second-order valence-electron chi connectivity index (χ2n) is 21.1. The highest BCUT2D eigenvalue weighted by molar-refractivity contribution is 5.39. The van der Waals surface area contributed by atoms with E-state index < -0.39 is 0 Å². The van der Waals surface area contributed by atoms with Crippen LogP contribution in [0.4, 0.5) is 0 Å². The average Bonchev–Trinajstić information content (AvgIpc) is 3.66. The summed E-state index contributed by atoms with van der Waals surface area (Å²) in [7, 11) is 6.80. The number of benzene rings is 6. The molecular formula is C70H94N2O12. The Bertz CT molecular complexity index is 2560. The van der Waals surface area contributed by atoms with Crippen LogP contribution in [0.15, 0.2) is 133 Å². The van der Waals surface area contributed by atoms with E-state index in [1.165, 1.54) is 22.3 Å². The maximum absolute atomic E-state index is 6.50. The SMILES string of the molecule is CCc1ccc(CO[C@H]2CNCC[C@@H]2c2ccc(OCCCOCc3ccccc3OC)cc2)cc1OCCCOC.CCc1ccc(CO[C@H]2CNCC[C@@H]2c2ccc(OCCCOCc3ccccc3OC)cc2)cc1OCCCOC. The minimum atomic E-state index is 0.0998. The van der Waals surface area contributed by atoms with Crippen LogP contribution in [0.2, 0.25) is 0 Å². The van der Waals surface area contributed by atoms with Gasteiger partial charge >= 0.3 is 0 Å². The van der Waals surface area contributed by atoms with Gasteiger partial charge in [0.15, 0.2) is 0 Å². The predicted octanol–water partition coefficient (Wildman–Crippen LogP) is 12.6. The van der Waals surface area contributed by atoms with Crippen LogP contribution in [0.5, 0.6) is 34.5 Å². The first-order valence-corrected chi connectivity index (χ1v) is 30.4. The number of aryl methyl sites for hydroxylation is 2.